The number of aromatic nitrogens is 3. The van der Waals surface area contributed by atoms with Crippen LogP contribution in [0.4, 0.5) is 0 Å². The second-order valence-corrected chi connectivity index (χ2v) is 3.68. The molecule has 0 aliphatic heterocycles. The Morgan fingerprint density at radius 2 is 2.25 bits per heavy atom. The molecule has 6 heteroatoms. The topological polar surface area (TPSA) is 84.0 Å². The lowest BCUT2D eigenvalue weighted by Gasteiger charge is -2.17. The number of methoxy groups -OCH3 is 1. The van der Waals surface area contributed by atoms with E-state index in [0.29, 0.717) is 12.3 Å². The van der Waals surface area contributed by atoms with Crippen LogP contribution in [0.15, 0.2) is 0 Å². The van der Waals surface area contributed by atoms with Crippen molar-refractivity contribution in [2.24, 2.45) is 0 Å². The summed E-state index contributed by atoms with van der Waals surface area (Å²) in [5.41, 5.74) is 1.36. The molecule has 1 aromatic rings. The van der Waals surface area contributed by atoms with E-state index in [2.05, 4.69) is 10.3 Å². The van der Waals surface area contributed by atoms with Crippen molar-refractivity contribution in [3.63, 3.8) is 0 Å². The standard InChI is InChI=1S/C10H16N4O2/c1-7(8(2)15)14-10(6-16-3)9(4-5-11)12-13-14/h7-8,15H,4,6H2,1-3H3. The Hall–Kier alpha value is -1.45. The van der Waals surface area contributed by atoms with Gasteiger partial charge in [-0.25, -0.2) is 4.68 Å². The third-order valence-corrected chi connectivity index (χ3v) is 2.48. The molecule has 16 heavy (non-hydrogen) atoms. The second kappa shape index (κ2) is 5.58. The predicted octanol–water partition coefficient (Wildman–Crippen LogP) is 0.432. The average Bonchev–Trinajstić information content (AvgIpc) is 2.62. The Morgan fingerprint density at radius 1 is 1.56 bits per heavy atom. The van der Waals surface area contributed by atoms with Crippen molar-refractivity contribution in [1.29, 1.82) is 5.26 Å². The van der Waals surface area contributed by atoms with Crippen molar-refractivity contribution in [3.8, 4) is 6.07 Å². The summed E-state index contributed by atoms with van der Waals surface area (Å²) in [4.78, 5) is 0. The number of hydrogen-bond donors (Lipinski definition) is 1. The molecule has 6 nitrogen and oxygen atoms in total. The minimum Gasteiger partial charge on any atom is -0.391 e. The van der Waals surface area contributed by atoms with Crippen LogP contribution in [0, 0.1) is 11.3 Å². The first kappa shape index (κ1) is 12.6. The van der Waals surface area contributed by atoms with Crippen LogP contribution >= 0.6 is 0 Å². The number of hydrogen-bond acceptors (Lipinski definition) is 5. The van der Waals surface area contributed by atoms with Gasteiger partial charge < -0.3 is 9.84 Å². The largest absolute Gasteiger partial charge is 0.391 e. The molecule has 0 spiro atoms. The zero-order valence-corrected chi connectivity index (χ0v) is 9.71. The molecule has 0 amide bonds. The van der Waals surface area contributed by atoms with Gasteiger partial charge in [0, 0.05) is 7.11 Å². The Kier molecular flexibility index (Phi) is 4.40. The van der Waals surface area contributed by atoms with E-state index >= 15 is 0 Å². The average molecular weight is 224 g/mol. The summed E-state index contributed by atoms with van der Waals surface area (Å²) in [6, 6.07) is 1.84. The highest BCUT2D eigenvalue weighted by atomic mass is 16.5. The van der Waals surface area contributed by atoms with Crippen LogP contribution in [0.1, 0.15) is 31.3 Å². The maximum Gasteiger partial charge on any atom is 0.102 e. The first-order valence-electron chi connectivity index (χ1n) is 5.08. The molecular weight excluding hydrogens is 208 g/mol. The van der Waals surface area contributed by atoms with Crippen LogP contribution in [0.2, 0.25) is 0 Å². The summed E-state index contributed by atoms with van der Waals surface area (Å²) in [7, 11) is 1.57. The zero-order chi connectivity index (χ0) is 12.1. The molecule has 1 heterocycles. The highest BCUT2D eigenvalue weighted by molar-refractivity contribution is 5.14. The van der Waals surface area contributed by atoms with Gasteiger partial charge in [0.05, 0.1) is 36.9 Å². The molecule has 0 aliphatic carbocycles. The van der Waals surface area contributed by atoms with E-state index in [1.165, 1.54) is 0 Å². The van der Waals surface area contributed by atoms with Gasteiger partial charge in [-0.1, -0.05) is 5.21 Å². The van der Waals surface area contributed by atoms with Gasteiger partial charge in [0.1, 0.15) is 5.69 Å². The molecule has 0 fully saturated rings. The fourth-order valence-corrected chi connectivity index (χ4v) is 1.38. The van der Waals surface area contributed by atoms with E-state index in [-0.39, 0.29) is 12.5 Å². The smallest absolute Gasteiger partial charge is 0.102 e. The molecule has 0 saturated heterocycles. The molecule has 2 unspecified atom stereocenters. The van der Waals surface area contributed by atoms with Crippen molar-refractivity contribution in [3.05, 3.63) is 11.4 Å². The summed E-state index contributed by atoms with van der Waals surface area (Å²) >= 11 is 0. The minimum absolute atomic E-state index is 0.190. The lowest BCUT2D eigenvalue weighted by molar-refractivity contribution is 0.120. The van der Waals surface area contributed by atoms with E-state index in [9.17, 15) is 5.11 Å². The number of rotatable bonds is 5. The zero-order valence-electron chi connectivity index (χ0n) is 9.71. The predicted molar refractivity (Wildman–Crippen MR) is 56.4 cm³/mol. The van der Waals surface area contributed by atoms with Gasteiger partial charge in [-0.3, -0.25) is 0 Å². The maximum absolute atomic E-state index is 9.51. The lowest BCUT2D eigenvalue weighted by Crippen LogP contribution is -2.21. The minimum atomic E-state index is -0.535. The fraction of sp³-hybridized carbons (Fsp3) is 0.700. The molecule has 1 rings (SSSR count). The second-order valence-electron chi connectivity index (χ2n) is 3.68. The molecular formula is C10H16N4O2. The van der Waals surface area contributed by atoms with Crippen molar-refractivity contribution >= 4 is 0 Å². The Bertz CT molecular complexity index is 381. The summed E-state index contributed by atoms with van der Waals surface area (Å²) < 4.78 is 6.66. The van der Waals surface area contributed by atoms with Gasteiger partial charge in [0.25, 0.3) is 0 Å². The van der Waals surface area contributed by atoms with Crippen LogP contribution in [-0.2, 0) is 17.8 Å². The van der Waals surface area contributed by atoms with Crippen molar-refractivity contribution < 1.29 is 9.84 Å². The highest BCUT2D eigenvalue weighted by Crippen LogP contribution is 2.16. The number of ether oxygens (including phenoxy) is 1. The summed E-state index contributed by atoms with van der Waals surface area (Å²) in [6.07, 6.45) is -0.335. The van der Waals surface area contributed by atoms with Gasteiger partial charge in [-0.2, -0.15) is 5.26 Å². The maximum atomic E-state index is 9.51. The fourth-order valence-electron chi connectivity index (χ4n) is 1.38. The molecule has 1 N–H and O–H groups in total. The summed E-state index contributed by atoms with van der Waals surface area (Å²) in [5.74, 6) is 0. The Balaban J connectivity index is 3.04. The number of aliphatic hydroxyl groups is 1. The van der Waals surface area contributed by atoms with Crippen molar-refractivity contribution in [2.45, 2.75) is 39.0 Å². The molecule has 0 bridgehead atoms. The molecule has 0 saturated carbocycles. The first-order valence-corrected chi connectivity index (χ1v) is 5.08. The molecule has 0 aliphatic rings. The van der Waals surface area contributed by atoms with Crippen molar-refractivity contribution in [2.75, 3.05) is 7.11 Å². The van der Waals surface area contributed by atoms with E-state index < -0.39 is 6.10 Å². The third-order valence-electron chi connectivity index (χ3n) is 2.48. The van der Waals surface area contributed by atoms with E-state index in [1.807, 2.05) is 13.0 Å². The van der Waals surface area contributed by atoms with E-state index in [4.69, 9.17) is 10.00 Å². The molecule has 2 atom stereocenters. The number of nitrogens with zero attached hydrogens (tertiary/aromatic N) is 4. The van der Waals surface area contributed by atoms with Gasteiger partial charge in [-0.15, -0.1) is 5.10 Å². The Morgan fingerprint density at radius 3 is 2.75 bits per heavy atom. The number of nitriles is 1. The van der Waals surface area contributed by atoms with Crippen LogP contribution in [0.3, 0.4) is 0 Å². The van der Waals surface area contributed by atoms with Crippen LogP contribution in [0.5, 0.6) is 0 Å². The number of aliphatic hydroxyl groups excluding tert-OH is 1. The third kappa shape index (κ3) is 2.56. The van der Waals surface area contributed by atoms with Crippen LogP contribution < -0.4 is 0 Å². The first-order chi connectivity index (χ1) is 7.61. The molecule has 1 aromatic heterocycles. The summed E-state index contributed by atoms with van der Waals surface area (Å²) in [6.45, 7) is 3.86. The van der Waals surface area contributed by atoms with Gasteiger partial charge in [0.15, 0.2) is 0 Å². The Labute approximate surface area is 94.4 Å². The monoisotopic (exact) mass is 224 g/mol. The summed E-state index contributed by atoms with van der Waals surface area (Å²) in [5, 5.41) is 26.0. The molecule has 0 aromatic carbocycles. The highest BCUT2D eigenvalue weighted by Gasteiger charge is 2.19. The van der Waals surface area contributed by atoms with Gasteiger partial charge in [0.2, 0.25) is 0 Å². The van der Waals surface area contributed by atoms with Crippen molar-refractivity contribution in [1.82, 2.24) is 15.0 Å². The van der Waals surface area contributed by atoms with E-state index in [1.54, 1.807) is 18.7 Å². The SMILES string of the molecule is COCc1c(CC#N)nnn1C(C)C(C)O. The molecule has 88 valence electrons. The quantitative estimate of drug-likeness (QED) is 0.784. The van der Waals surface area contributed by atoms with Gasteiger partial charge >= 0.3 is 0 Å². The normalized spacial score (nSPS) is 14.4. The van der Waals surface area contributed by atoms with E-state index in [0.717, 1.165) is 5.69 Å². The van der Waals surface area contributed by atoms with Crippen LogP contribution in [0.25, 0.3) is 0 Å². The molecule has 0 radical (unpaired) electrons. The lowest BCUT2D eigenvalue weighted by atomic mass is 10.2. The van der Waals surface area contributed by atoms with Gasteiger partial charge in [-0.05, 0) is 13.8 Å². The van der Waals surface area contributed by atoms with Crippen LogP contribution in [-0.4, -0.2) is 33.3 Å².